The van der Waals surface area contributed by atoms with Crippen LogP contribution in [0.3, 0.4) is 0 Å². The minimum atomic E-state index is 0.284. The number of thiazole rings is 1. The number of nitrogens with one attached hydrogen (secondary N) is 1. The Morgan fingerprint density at radius 2 is 2.05 bits per heavy atom. The minimum absolute atomic E-state index is 0.284. The van der Waals surface area contributed by atoms with E-state index in [0.29, 0.717) is 0 Å². The van der Waals surface area contributed by atoms with Crippen LogP contribution in [-0.4, -0.2) is 21.5 Å². The molecule has 0 saturated heterocycles. The molecule has 2 heterocycles. The van der Waals surface area contributed by atoms with Crippen molar-refractivity contribution in [2.75, 3.05) is 6.54 Å². The van der Waals surface area contributed by atoms with Crippen molar-refractivity contribution in [3.63, 3.8) is 0 Å². The molecule has 1 N–H and O–H groups in total. The first kappa shape index (κ1) is 13.1. The molecule has 1 aromatic carbocycles. The average molecular weight is 284 g/mol. The highest BCUT2D eigenvalue weighted by atomic mass is 32.1. The lowest BCUT2D eigenvalue weighted by molar-refractivity contribution is 0.553. The molecule has 0 fully saturated rings. The minimum Gasteiger partial charge on any atom is -0.310 e. The van der Waals surface area contributed by atoms with E-state index in [1.165, 1.54) is 10.4 Å². The SMILES string of the molecule is CCNC(Cc1cncs1)c1ccc2nccnc2c1. The second-order valence-electron chi connectivity index (χ2n) is 4.59. The van der Waals surface area contributed by atoms with E-state index in [9.17, 15) is 0 Å². The maximum Gasteiger partial charge on any atom is 0.0890 e. The van der Waals surface area contributed by atoms with Crippen LogP contribution in [-0.2, 0) is 6.42 Å². The van der Waals surface area contributed by atoms with Crippen LogP contribution < -0.4 is 5.32 Å². The third-order valence-electron chi connectivity index (χ3n) is 3.24. The molecule has 1 atom stereocenters. The summed E-state index contributed by atoms with van der Waals surface area (Å²) in [4.78, 5) is 14.1. The molecule has 0 aliphatic heterocycles. The fraction of sp³-hybridized carbons (Fsp3) is 0.267. The number of likely N-dealkylation sites (N-methyl/N-ethyl adjacent to an activating group) is 1. The van der Waals surface area contributed by atoms with Gasteiger partial charge in [0.2, 0.25) is 0 Å². The normalized spacial score (nSPS) is 12.7. The molecular formula is C15H16N4S. The van der Waals surface area contributed by atoms with E-state index in [2.05, 4.69) is 39.3 Å². The molecule has 4 nitrogen and oxygen atoms in total. The summed E-state index contributed by atoms with van der Waals surface area (Å²) in [5, 5.41) is 3.53. The van der Waals surface area contributed by atoms with E-state index in [1.807, 2.05) is 17.8 Å². The molecule has 0 spiro atoms. The predicted octanol–water partition coefficient (Wildman–Crippen LogP) is 2.98. The largest absolute Gasteiger partial charge is 0.310 e. The van der Waals surface area contributed by atoms with Gasteiger partial charge < -0.3 is 5.32 Å². The Kier molecular flexibility index (Phi) is 3.99. The summed E-state index contributed by atoms with van der Waals surface area (Å²) in [5.41, 5.74) is 5.00. The smallest absolute Gasteiger partial charge is 0.0890 e. The van der Waals surface area contributed by atoms with E-state index in [1.54, 1.807) is 23.7 Å². The molecule has 2 aromatic heterocycles. The summed E-state index contributed by atoms with van der Waals surface area (Å²) in [6, 6.07) is 6.57. The number of nitrogens with zero attached hydrogens (tertiary/aromatic N) is 3. The van der Waals surface area contributed by atoms with E-state index < -0.39 is 0 Å². The quantitative estimate of drug-likeness (QED) is 0.782. The molecule has 20 heavy (non-hydrogen) atoms. The van der Waals surface area contributed by atoms with E-state index in [-0.39, 0.29) is 6.04 Å². The molecule has 3 aromatic rings. The van der Waals surface area contributed by atoms with Gasteiger partial charge >= 0.3 is 0 Å². The highest BCUT2D eigenvalue weighted by Crippen LogP contribution is 2.22. The van der Waals surface area contributed by atoms with Gasteiger partial charge in [-0.05, 0) is 24.2 Å². The fourth-order valence-electron chi connectivity index (χ4n) is 2.30. The van der Waals surface area contributed by atoms with Crippen LogP contribution in [0.25, 0.3) is 11.0 Å². The van der Waals surface area contributed by atoms with Crippen LogP contribution in [0.2, 0.25) is 0 Å². The van der Waals surface area contributed by atoms with Crippen molar-refractivity contribution in [1.82, 2.24) is 20.3 Å². The highest BCUT2D eigenvalue weighted by molar-refractivity contribution is 7.09. The van der Waals surface area contributed by atoms with Crippen molar-refractivity contribution < 1.29 is 0 Å². The Balaban J connectivity index is 1.91. The highest BCUT2D eigenvalue weighted by Gasteiger charge is 2.13. The zero-order valence-electron chi connectivity index (χ0n) is 11.3. The van der Waals surface area contributed by atoms with E-state index >= 15 is 0 Å². The van der Waals surface area contributed by atoms with Gasteiger partial charge in [-0.15, -0.1) is 11.3 Å². The second kappa shape index (κ2) is 6.07. The van der Waals surface area contributed by atoms with Crippen LogP contribution in [0.1, 0.15) is 23.4 Å². The molecule has 0 saturated carbocycles. The lowest BCUT2D eigenvalue weighted by Crippen LogP contribution is -2.22. The first-order valence-corrected chi connectivity index (χ1v) is 7.56. The van der Waals surface area contributed by atoms with Crippen LogP contribution in [0.15, 0.2) is 42.3 Å². The van der Waals surface area contributed by atoms with Gasteiger partial charge in [0.25, 0.3) is 0 Å². The van der Waals surface area contributed by atoms with Crippen molar-refractivity contribution in [3.8, 4) is 0 Å². The maximum absolute atomic E-state index is 4.38. The van der Waals surface area contributed by atoms with E-state index in [0.717, 1.165) is 24.0 Å². The van der Waals surface area contributed by atoms with Gasteiger partial charge in [-0.2, -0.15) is 0 Å². The van der Waals surface area contributed by atoms with E-state index in [4.69, 9.17) is 0 Å². The van der Waals surface area contributed by atoms with Crippen molar-refractivity contribution >= 4 is 22.4 Å². The van der Waals surface area contributed by atoms with Gasteiger partial charge in [-0.1, -0.05) is 13.0 Å². The number of hydrogen-bond donors (Lipinski definition) is 1. The summed E-state index contributed by atoms with van der Waals surface area (Å²) in [6.45, 7) is 3.06. The van der Waals surface area contributed by atoms with Crippen LogP contribution in [0.5, 0.6) is 0 Å². The standard InChI is InChI=1S/C15H16N4S/c1-2-17-14(8-12-9-16-10-20-12)11-3-4-13-15(7-11)19-6-5-18-13/h3-7,9-10,14,17H,2,8H2,1H3. The molecule has 0 radical (unpaired) electrons. The summed E-state index contributed by atoms with van der Waals surface area (Å²) in [6.07, 6.45) is 6.35. The van der Waals surface area contributed by atoms with Crippen LogP contribution in [0.4, 0.5) is 0 Å². The third-order valence-corrected chi connectivity index (χ3v) is 4.04. The van der Waals surface area contributed by atoms with Crippen molar-refractivity contribution in [3.05, 3.63) is 52.7 Å². The number of hydrogen-bond acceptors (Lipinski definition) is 5. The average Bonchev–Trinajstić information content (AvgIpc) is 2.99. The van der Waals surface area contributed by atoms with Crippen molar-refractivity contribution in [2.45, 2.75) is 19.4 Å². The topological polar surface area (TPSA) is 50.7 Å². The summed E-state index contributed by atoms with van der Waals surface area (Å²) < 4.78 is 0. The Bertz CT molecular complexity index is 681. The summed E-state index contributed by atoms with van der Waals surface area (Å²) in [7, 11) is 0. The molecule has 0 aliphatic rings. The summed E-state index contributed by atoms with van der Waals surface area (Å²) in [5.74, 6) is 0. The van der Waals surface area contributed by atoms with Crippen LogP contribution >= 0.6 is 11.3 Å². The molecule has 0 bridgehead atoms. The van der Waals surface area contributed by atoms with Gasteiger partial charge in [-0.3, -0.25) is 15.0 Å². The molecule has 0 amide bonds. The van der Waals surface area contributed by atoms with Crippen molar-refractivity contribution in [1.29, 1.82) is 0 Å². The number of rotatable bonds is 5. The number of benzene rings is 1. The van der Waals surface area contributed by atoms with Crippen molar-refractivity contribution in [2.24, 2.45) is 0 Å². The van der Waals surface area contributed by atoms with Gasteiger partial charge in [0, 0.05) is 35.9 Å². The van der Waals surface area contributed by atoms with Gasteiger partial charge in [0.1, 0.15) is 0 Å². The molecule has 1 unspecified atom stereocenters. The summed E-state index contributed by atoms with van der Waals surface area (Å²) >= 11 is 1.70. The Morgan fingerprint density at radius 1 is 1.20 bits per heavy atom. The first-order valence-electron chi connectivity index (χ1n) is 6.68. The lowest BCUT2D eigenvalue weighted by Gasteiger charge is -2.17. The zero-order valence-corrected chi connectivity index (χ0v) is 12.1. The first-order chi connectivity index (χ1) is 9.86. The van der Waals surface area contributed by atoms with Gasteiger partial charge in [0.05, 0.1) is 16.5 Å². The number of aromatic nitrogens is 3. The zero-order chi connectivity index (χ0) is 13.8. The fourth-order valence-corrected chi connectivity index (χ4v) is 2.94. The lowest BCUT2D eigenvalue weighted by atomic mass is 10.0. The monoisotopic (exact) mass is 284 g/mol. The Labute approximate surface area is 121 Å². The van der Waals surface area contributed by atoms with Crippen LogP contribution in [0, 0.1) is 0 Å². The Morgan fingerprint density at radius 3 is 2.80 bits per heavy atom. The van der Waals surface area contributed by atoms with Gasteiger partial charge in [-0.25, -0.2) is 0 Å². The van der Waals surface area contributed by atoms with Gasteiger partial charge in [0.15, 0.2) is 0 Å². The second-order valence-corrected chi connectivity index (χ2v) is 5.56. The molecule has 102 valence electrons. The Hall–Kier alpha value is -1.85. The third kappa shape index (κ3) is 2.84. The number of fused-ring (bicyclic) bond motifs is 1. The molecule has 3 rings (SSSR count). The molecular weight excluding hydrogens is 268 g/mol. The molecule has 0 aliphatic carbocycles. The maximum atomic E-state index is 4.38. The predicted molar refractivity (Wildman–Crippen MR) is 81.8 cm³/mol. The molecule has 5 heteroatoms.